The van der Waals surface area contributed by atoms with Crippen LogP contribution in [-0.4, -0.2) is 32.6 Å². The second kappa shape index (κ2) is 5.44. The van der Waals surface area contributed by atoms with Gasteiger partial charge < -0.3 is 10.4 Å². The molecule has 2 aromatic rings. The molecule has 2 rings (SSSR count). The number of nitrogens with zero attached hydrogens (tertiary/aromatic N) is 3. The minimum atomic E-state index is -0.754. The van der Waals surface area contributed by atoms with Crippen molar-refractivity contribution < 1.29 is 10.0 Å². The van der Waals surface area contributed by atoms with Crippen LogP contribution in [0.15, 0.2) is 29.2 Å². The highest BCUT2D eigenvalue weighted by atomic mass is 16.6. The molecule has 2 aromatic heterocycles. The van der Waals surface area contributed by atoms with Gasteiger partial charge in [0.05, 0.1) is 4.92 Å². The molecule has 0 amide bonds. The lowest BCUT2D eigenvalue weighted by Gasteiger charge is -2.06. The Hall–Kier alpha value is -2.48. The Balaban J connectivity index is 2.57. The maximum absolute atomic E-state index is 12.0. The second-order valence-electron chi connectivity index (χ2n) is 3.80. The van der Waals surface area contributed by atoms with Gasteiger partial charge in [-0.2, -0.15) is 0 Å². The molecule has 0 saturated carbocycles. The molecule has 0 atom stereocenters. The Morgan fingerprint density at radius 3 is 2.95 bits per heavy atom. The lowest BCUT2D eigenvalue weighted by Crippen LogP contribution is -2.21. The third-order valence-corrected chi connectivity index (χ3v) is 2.52. The lowest BCUT2D eigenvalue weighted by atomic mass is 10.4. The normalized spacial score (nSPS) is 10.6. The summed E-state index contributed by atoms with van der Waals surface area (Å²) in [5, 5.41) is 22.4. The number of fused-ring (bicyclic) bond motifs is 1. The number of nitro groups is 1. The summed E-state index contributed by atoms with van der Waals surface area (Å²) in [6.07, 6.45) is 1.84. The first-order chi connectivity index (χ1) is 9.15. The molecular formula is C11H12N4O4. The number of pyridine rings is 1. The van der Waals surface area contributed by atoms with E-state index in [1.165, 1.54) is 6.20 Å². The zero-order chi connectivity index (χ0) is 13.8. The molecular weight excluding hydrogens is 252 g/mol. The summed E-state index contributed by atoms with van der Waals surface area (Å²) < 4.78 is 1.12. The fourth-order valence-electron chi connectivity index (χ4n) is 1.65. The van der Waals surface area contributed by atoms with E-state index < -0.39 is 16.2 Å². The number of hydrogen-bond donors (Lipinski definition) is 2. The van der Waals surface area contributed by atoms with Crippen molar-refractivity contribution in [3.05, 3.63) is 44.9 Å². The van der Waals surface area contributed by atoms with Gasteiger partial charge in [0.25, 0.3) is 0 Å². The lowest BCUT2D eigenvalue weighted by molar-refractivity contribution is -0.385. The smallest absolute Gasteiger partial charge is 0.376 e. The molecule has 0 spiro atoms. The highest BCUT2D eigenvalue weighted by molar-refractivity contribution is 5.59. The van der Waals surface area contributed by atoms with Crippen LogP contribution in [0.2, 0.25) is 0 Å². The highest BCUT2D eigenvalue weighted by Gasteiger charge is 2.22. The van der Waals surface area contributed by atoms with Crippen LogP contribution in [0.3, 0.4) is 0 Å². The van der Waals surface area contributed by atoms with E-state index in [4.69, 9.17) is 5.11 Å². The van der Waals surface area contributed by atoms with Gasteiger partial charge in [0.15, 0.2) is 0 Å². The predicted molar refractivity (Wildman–Crippen MR) is 68.3 cm³/mol. The third-order valence-electron chi connectivity index (χ3n) is 2.52. The van der Waals surface area contributed by atoms with Gasteiger partial charge in [0, 0.05) is 19.3 Å². The number of aliphatic hydroxyl groups is 1. The molecule has 0 saturated heterocycles. The van der Waals surface area contributed by atoms with Crippen molar-refractivity contribution in [3.8, 4) is 0 Å². The minimum Gasteiger partial charge on any atom is -0.396 e. The van der Waals surface area contributed by atoms with Gasteiger partial charge in [-0.1, -0.05) is 6.07 Å². The molecule has 0 fully saturated rings. The molecule has 100 valence electrons. The Labute approximate surface area is 107 Å². The third kappa shape index (κ3) is 2.52. The van der Waals surface area contributed by atoms with Crippen LogP contribution in [-0.2, 0) is 0 Å². The number of aliphatic hydroxyl groups excluding tert-OH is 1. The van der Waals surface area contributed by atoms with Crippen LogP contribution in [0.5, 0.6) is 0 Å². The van der Waals surface area contributed by atoms with Crippen LogP contribution in [0.25, 0.3) is 5.65 Å². The Bertz CT molecular complexity index is 667. The maximum atomic E-state index is 12.0. The molecule has 2 heterocycles. The van der Waals surface area contributed by atoms with E-state index in [1.54, 1.807) is 18.2 Å². The number of hydrogen-bond acceptors (Lipinski definition) is 6. The molecule has 8 nitrogen and oxygen atoms in total. The van der Waals surface area contributed by atoms with Crippen LogP contribution < -0.4 is 10.9 Å². The highest BCUT2D eigenvalue weighted by Crippen LogP contribution is 2.17. The zero-order valence-electron chi connectivity index (χ0n) is 9.94. The molecule has 8 heteroatoms. The SMILES string of the molecule is O=c1c([N+](=O)[O-])c(NCCCO)nc2ccccn12. The number of aromatic nitrogens is 2. The number of anilines is 1. The van der Waals surface area contributed by atoms with Gasteiger partial charge in [-0.05, 0) is 18.6 Å². The topological polar surface area (TPSA) is 110 Å². The molecule has 0 aromatic carbocycles. The Morgan fingerprint density at radius 1 is 1.47 bits per heavy atom. The van der Waals surface area contributed by atoms with Gasteiger partial charge in [-0.25, -0.2) is 4.98 Å². The zero-order valence-corrected chi connectivity index (χ0v) is 9.94. The van der Waals surface area contributed by atoms with Crippen molar-refractivity contribution in [2.45, 2.75) is 6.42 Å². The maximum Gasteiger partial charge on any atom is 0.376 e. The van der Waals surface area contributed by atoms with E-state index in [0.717, 1.165) is 4.40 Å². The van der Waals surface area contributed by atoms with Gasteiger partial charge in [0.1, 0.15) is 5.65 Å². The van der Waals surface area contributed by atoms with Crippen LogP contribution in [0, 0.1) is 10.1 Å². The van der Waals surface area contributed by atoms with Gasteiger partial charge in [-0.3, -0.25) is 19.3 Å². The fraction of sp³-hybridized carbons (Fsp3) is 0.273. The first-order valence-electron chi connectivity index (χ1n) is 5.65. The first kappa shape index (κ1) is 13.0. The summed E-state index contributed by atoms with van der Waals surface area (Å²) in [6.45, 7) is 0.250. The van der Waals surface area contributed by atoms with Gasteiger partial charge in [0.2, 0.25) is 5.82 Å². The van der Waals surface area contributed by atoms with Gasteiger partial charge in [-0.15, -0.1) is 0 Å². The molecule has 19 heavy (non-hydrogen) atoms. The van der Waals surface area contributed by atoms with Crippen LogP contribution in [0.1, 0.15) is 6.42 Å². The Kier molecular flexibility index (Phi) is 3.71. The van der Waals surface area contributed by atoms with Crippen LogP contribution >= 0.6 is 0 Å². The summed E-state index contributed by atoms with van der Waals surface area (Å²) in [7, 11) is 0. The standard InChI is InChI=1S/C11H12N4O4/c16-7-3-5-12-10-9(15(18)19)11(17)14-6-2-1-4-8(14)13-10/h1-2,4,6,12,16H,3,5,7H2. The molecule has 0 bridgehead atoms. The van der Waals surface area contributed by atoms with E-state index in [0.29, 0.717) is 18.6 Å². The van der Waals surface area contributed by atoms with Crippen molar-refractivity contribution in [3.63, 3.8) is 0 Å². The van der Waals surface area contributed by atoms with Crippen molar-refractivity contribution in [1.29, 1.82) is 0 Å². The summed E-state index contributed by atoms with van der Waals surface area (Å²) in [5.41, 5.74) is -1.01. The first-order valence-corrected chi connectivity index (χ1v) is 5.65. The molecule has 2 N–H and O–H groups in total. The minimum absolute atomic E-state index is 0.0483. The van der Waals surface area contributed by atoms with Crippen molar-refractivity contribution >= 4 is 17.2 Å². The van der Waals surface area contributed by atoms with E-state index >= 15 is 0 Å². The fourth-order valence-corrected chi connectivity index (χ4v) is 1.65. The van der Waals surface area contributed by atoms with Crippen LogP contribution in [0.4, 0.5) is 11.5 Å². The second-order valence-corrected chi connectivity index (χ2v) is 3.80. The largest absolute Gasteiger partial charge is 0.396 e. The van der Waals surface area contributed by atoms with Gasteiger partial charge >= 0.3 is 11.2 Å². The number of nitrogens with one attached hydrogen (secondary N) is 1. The monoisotopic (exact) mass is 264 g/mol. The molecule has 0 radical (unpaired) electrons. The van der Waals surface area contributed by atoms with Crippen molar-refractivity contribution in [2.24, 2.45) is 0 Å². The average molecular weight is 264 g/mol. The summed E-state index contributed by atoms with van der Waals surface area (Å²) in [4.78, 5) is 26.3. The van der Waals surface area contributed by atoms with E-state index in [2.05, 4.69) is 10.3 Å². The number of rotatable bonds is 5. The molecule has 0 aliphatic carbocycles. The molecule has 0 unspecified atom stereocenters. The predicted octanol–water partition coefficient (Wildman–Crippen LogP) is 0.397. The van der Waals surface area contributed by atoms with Crippen molar-refractivity contribution in [2.75, 3.05) is 18.5 Å². The summed E-state index contributed by atoms with van der Waals surface area (Å²) in [6, 6.07) is 4.87. The summed E-state index contributed by atoms with van der Waals surface area (Å²) >= 11 is 0. The Morgan fingerprint density at radius 2 is 2.26 bits per heavy atom. The van der Waals surface area contributed by atoms with E-state index in [9.17, 15) is 14.9 Å². The van der Waals surface area contributed by atoms with E-state index in [1.807, 2.05) is 0 Å². The van der Waals surface area contributed by atoms with Crippen molar-refractivity contribution in [1.82, 2.24) is 9.38 Å². The molecule has 0 aliphatic rings. The summed E-state index contributed by atoms with van der Waals surface area (Å²) in [5.74, 6) is -0.0744. The van der Waals surface area contributed by atoms with E-state index in [-0.39, 0.29) is 12.4 Å². The quantitative estimate of drug-likeness (QED) is 0.459. The molecule has 0 aliphatic heterocycles. The average Bonchev–Trinajstić information content (AvgIpc) is 2.39.